The van der Waals surface area contributed by atoms with E-state index in [2.05, 4.69) is 4.98 Å². The molecule has 0 saturated carbocycles. The van der Waals surface area contributed by atoms with E-state index >= 15 is 0 Å². The lowest BCUT2D eigenvalue weighted by Crippen LogP contribution is -2.03. The number of ether oxygens (including phenoxy) is 2. The molecular weight excluding hydrogens is 232 g/mol. The average molecular weight is 246 g/mol. The molecule has 0 atom stereocenters. The fraction of sp³-hybridized carbons (Fsp3) is 0.231. The molecule has 0 aromatic carbocycles. The number of rotatable bonds is 5. The number of aromatic nitrogens is 2. The highest BCUT2D eigenvalue weighted by Crippen LogP contribution is 2.29. The zero-order chi connectivity index (χ0) is 13.0. The van der Waals surface area contributed by atoms with E-state index in [1.54, 1.807) is 38.7 Å². The van der Waals surface area contributed by atoms with Crippen molar-refractivity contribution < 1.29 is 14.3 Å². The van der Waals surface area contributed by atoms with Gasteiger partial charge in [-0.15, -0.1) is 0 Å². The first-order chi connectivity index (χ1) is 8.78. The maximum Gasteiger partial charge on any atom is 0.184 e. The number of carbonyl (C=O) groups excluding carboxylic acids is 1. The summed E-state index contributed by atoms with van der Waals surface area (Å²) in [5.74, 6) is 1.26. The molecule has 5 nitrogen and oxygen atoms in total. The summed E-state index contributed by atoms with van der Waals surface area (Å²) in [5, 5.41) is 0. The normalized spacial score (nSPS) is 10.1. The van der Waals surface area contributed by atoms with Crippen LogP contribution >= 0.6 is 0 Å². The summed E-state index contributed by atoms with van der Waals surface area (Å²) in [6.45, 7) is 0.522. The summed E-state index contributed by atoms with van der Waals surface area (Å²) in [6, 6.07) is 3.49. The Labute approximate surface area is 105 Å². The van der Waals surface area contributed by atoms with Crippen LogP contribution in [0.15, 0.2) is 30.7 Å². The molecule has 0 fully saturated rings. The van der Waals surface area contributed by atoms with E-state index < -0.39 is 0 Å². The average Bonchev–Trinajstić information content (AvgIpc) is 2.86. The summed E-state index contributed by atoms with van der Waals surface area (Å²) >= 11 is 0. The van der Waals surface area contributed by atoms with Crippen molar-refractivity contribution in [3.8, 4) is 11.5 Å². The van der Waals surface area contributed by atoms with Gasteiger partial charge in [-0.2, -0.15) is 0 Å². The summed E-state index contributed by atoms with van der Waals surface area (Å²) in [5.41, 5.74) is 1.39. The molecule has 18 heavy (non-hydrogen) atoms. The van der Waals surface area contributed by atoms with Crippen LogP contribution in [0.25, 0.3) is 0 Å². The summed E-state index contributed by atoms with van der Waals surface area (Å²) in [7, 11) is 3.16. The highest BCUT2D eigenvalue weighted by Gasteiger charge is 2.11. The van der Waals surface area contributed by atoms with Crippen LogP contribution in [-0.2, 0) is 6.54 Å². The quantitative estimate of drug-likeness (QED) is 0.754. The highest BCUT2D eigenvalue weighted by atomic mass is 16.5. The van der Waals surface area contributed by atoms with Gasteiger partial charge in [-0.3, -0.25) is 9.78 Å². The molecule has 0 aliphatic rings. The van der Waals surface area contributed by atoms with Gasteiger partial charge in [-0.05, 0) is 6.07 Å². The summed E-state index contributed by atoms with van der Waals surface area (Å²) in [4.78, 5) is 14.9. The zero-order valence-corrected chi connectivity index (χ0v) is 10.3. The minimum absolute atomic E-state index is 0.522. The number of carbonyl (C=O) groups is 1. The lowest BCUT2D eigenvalue weighted by Gasteiger charge is -2.11. The van der Waals surface area contributed by atoms with Crippen molar-refractivity contribution in [2.75, 3.05) is 14.2 Å². The van der Waals surface area contributed by atoms with Gasteiger partial charge in [0.1, 0.15) is 5.69 Å². The second kappa shape index (κ2) is 5.35. The third kappa shape index (κ3) is 2.34. The van der Waals surface area contributed by atoms with E-state index in [-0.39, 0.29) is 0 Å². The van der Waals surface area contributed by atoms with Crippen molar-refractivity contribution in [2.45, 2.75) is 6.54 Å². The van der Waals surface area contributed by atoms with Gasteiger partial charge in [0.25, 0.3) is 0 Å². The number of pyridine rings is 1. The lowest BCUT2D eigenvalue weighted by atomic mass is 10.3. The molecule has 0 radical (unpaired) electrons. The molecular formula is C13H14N2O3. The molecule has 0 bridgehead atoms. The molecule has 5 heteroatoms. The Morgan fingerprint density at radius 3 is 2.78 bits per heavy atom. The van der Waals surface area contributed by atoms with E-state index in [4.69, 9.17) is 9.47 Å². The zero-order valence-electron chi connectivity index (χ0n) is 10.3. The summed E-state index contributed by atoms with van der Waals surface area (Å²) < 4.78 is 12.4. The Morgan fingerprint density at radius 1 is 1.33 bits per heavy atom. The highest BCUT2D eigenvalue weighted by molar-refractivity contribution is 5.74. The molecule has 94 valence electrons. The first-order valence-corrected chi connectivity index (χ1v) is 5.45. The molecule has 0 N–H and O–H groups in total. The van der Waals surface area contributed by atoms with Crippen molar-refractivity contribution in [3.05, 3.63) is 42.0 Å². The third-order valence-corrected chi connectivity index (χ3v) is 2.61. The molecule has 0 amide bonds. The molecule has 0 aliphatic carbocycles. The predicted octanol–water partition coefficient (Wildman–Crippen LogP) is 1.76. The Balaban J connectivity index is 2.30. The minimum atomic E-state index is 0.522. The Morgan fingerprint density at radius 2 is 2.17 bits per heavy atom. The molecule has 2 aromatic heterocycles. The minimum Gasteiger partial charge on any atom is -0.493 e. The fourth-order valence-electron chi connectivity index (χ4n) is 1.76. The first kappa shape index (κ1) is 12.2. The van der Waals surface area contributed by atoms with Crippen LogP contribution in [0.4, 0.5) is 0 Å². The molecule has 2 rings (SSSR count). The van der Waals surface area contributed by atoms with Gasteiger partial charge in [0.2, 0.25) is 0 Å². The SMILES string of the molecule is COc1ccnc(Cn2ccc(C=O)c2)c1OC. The van der Waals surface area contributed by atoms with Gasteiger partial charge in [0, 0.05) is 30.2 Å². The van der Waals surface area contributed by atoms with Crippen LogP contribution in [0.1, 0.15) is 16.1 Å². The van der Waals surface area contributed by atoms with Gasteiger partial charge < -0.3 is 14.0 Å². The van der Waals surface area contributed by atoms with Gasteiger partial charge in [-0.1, -0.05) is 0 Å². The van der Waals surface area contributed by atoms with Crippen LogP contribution in [0, 0.1) is 0 Å². The van der Waals surface area contributed by atoms with E-state index in [1.165, 1.54) is 0 Å². The smallest absolute Gasteiger partial charge is 0.184 e. The maximum atomic E-state index is 10.6. The molecule has 2 aromatic rings. The van der Waals surface area contributed by atoms with Crippen LogP contribution < -0.4 is 9.47 Å². The van der Waals surface area contributed by atoms with Crippen LogP contribution in [0.2, 0.25) is 0 Å². The monoisotopic (exact) mass is 246 g/mol. The van der Waals surface area contributed by atoms with Crippen molar-refractivity contribution in [2.24, 2.45) is 0 Å². The Hall–Kier alpha value is -2.30. The lowest BCUT2D eigenvalue weighted by molar-refractivity contribution is 0.112. The predicted molar refractivity (Wildman–Crippen MR) is 66.3 cm³/mol. The number of methoxy groups -OCH3 is 2. The number of hydrogen-bond acceptors (Lipinski definition) is 4. The number of aldehydes is 1. The van der Waals surface area contributed by atoms with E-state index in [0.29, 0.717) is 23.6 Å². The Bertz CT molecular complexity index is 549. The molecule has 0 saturated heterocycles. The Kier molecular flexibility index (Phi) is 3.62. The summed E-state index contributed by atoms with van der Waals surface area (Å²) in [6.07, 6.45) is 6.06. The van der Waals surface area contributed by atoms with E-state index in [9.17, 15) is 4.79 Å². The van der Waals surface area contributed by atoms with E-state index in [0.717, 1.165) is 12.0 Å². The number of hydrogen-bond donors (Lipinski definition) is 0. The largest absolute Gasteiger partial charge is 0.493 e. The van der Waals surface area contributed by atoms with Crippen molar-refractivity contribution in [3.63, 3.8) is 0 Å². The van der Waals surface area contributed by atoms with Crippen molar-refractivity contribution in [1.82, 2.24) is 9.55 Å². The molecule has 0 aliphatic heterocycles. The van der Waals surface area contributed by atoms with Crippen LogP contribution in [0.5, 0.6) is 11.5 Å². The van der Waals surface area contributed by atoms with Crippen LogP contribution in [-0.4, -0.2) is 30.1 Å². The number of nitrogens with zero attached hydrogens (tertiary/aromatic N) is 2. The van der Waals surface area contributed by atoms with Gasteiger partial charge >= 0.3 is 0 Å². The van der Waals surface area contributed by atoms with Crippen molar-refractivity contribution >= 4 is 6.29 Å². The molecule has 2 heterocycles. The maximum absolute atomic E-state index is 10.6. The standard InChI is InChI=1S/C13H14N2O3/c1-17-12-3-5-14-11(13(12)18-2)8-15-6-4-10(7-15)9-16/h3-7,9H,8H2,1-2H3. The second-order valence-electron chi connectivity index (χ2n) is 3.73. The van der Waals surface area contributed by atoms with Gasteiger partial charge in [-0.25, -0.2) is 0 Å². The van der Waals surface area contributed by atoms with Gasteiger partial charge in [0.05, 0.1) is 20.8 Å². The van der Waals surface area contributed by atoms with Crippen molar-refractivity contribution in [1.29, 1.82) is 0 Å². The second-order valence-corrected chi connectivity index (χ2v) is 3.73. The van der Waals surface area contributed by atoms with Crippen LogP contribution in [0.3, 0.4) is 0 Å². The van der Waals surface area contributed by atoms with Gasteiger partial charge in [0.15, 0.2) is 17.8 Å². The third-order valence-electron chi connectivity index (χ3n) is 2.61. The topological polar surface area (TPSA) is 53.4 Å². The first-order valence-electron chi connectivity index (χ1n) is 5.45. The fourth-order valence-corrected chi connectivity index (χ4v) is 1.76. The molecule has 0 spiro atoms. The van der Waals surface area contributed by atoms with E-state index in [1.807, 2.05) is 10.8 Å². The molecule has 0 unspecified atom stereocenters.